The molecule has 0 aliphatic carbocycles. The van der Waals surface area contributed by atoms with Crippen molar-refractivity contribution in [2.75, 3.05) is 14.2 Å². The summed E-state index contributed by atoms with van der Waals surface area (Å²) in [6.45, 7) is 0.318. The first-order valence-corrected chi connectivity index (χ1v) is 7.69. The zero-order chi connectivity index (χ0) is 17.8. The number of hydrogen-bond acceptors (Lipinski definition) is 5. The van der Waals surface area contributed by atoms with Gasteiger partial charge in [-0.2, -0.15) is 5.10 Å². The molecule has 1 aromatic carbocycles. The number of aryl methyl sites for hydroxylation is 1. The van der Waals surface area contributed by atoms with Gasteiger partial charge in [-0.15, -0.1) is 0 Å². The van der Waals surface area contributed by atoms with E-state index in [1.165, 1.54) is 4.68 Å². The average Bonchev–Trinajstić information content (AvgIpc) is 3.28. The highest BCUT2D eigenvalue weighted by Crippen LogP contribution is 2.32. The second-order valence-corrected chi connectivity index (χ2v) is 5.37. The summed E-state index contributed by atoms with van der Waals surface area (Å²) in [5.41, 5.74) is 1.87. The van der Waals surface area contributed by atoms with E-state index < -0.39 is 0 Å². The third-order valence-electron chi connectivity index (χ3n) is 3.80. The quantitative estimate of drug-likeness (QED) is 0.746. The Morgan fingerprint density at radius 3 is 2.76 bits per heavy atom. The minimum absolute atomic E-state index is 0.231. The van der Waals surface area contributed by atoms with Gasteiger partial charge in [0.15, 0.2) is 0 Å². The Hall–Kier alpha value is -3.22. The smallest absolute Gasteiger partial charge is 0.269 e. The summed E-state index contributed by atoms with van der Waals surface area (Å²) >= 11 is 0. The lowest BCUT2D eigenvalue weighted by atomic mass is 10.1. The van der Waals surface area contributed by atoms with Crippen LogP contribution in [-0.2, 0) is 13.6 Å². The molecule has 0 saturated carbocycles. The SMILES string of the molecule is COc1ccc(-c2cc(C(=O)NCc3ccco3)n(C)n2)c(OC)c1. The van der Waals surface area contributed by atoms with Crippen LogP contribution in [0.15, 0.2) is 47.1 Å². The summed E-state index contributed by atoms with van der Waals surface area (Å²) in [6.07, 6.45) is 1.57. The summed E-state index contributed by atoms with van der Waals surface area (Å²) < 4.78 is 17.4. The molecule has 1 amide bonds. The van der Waals surface area contributed by atoms with Gasteiger partial charge in [-0.1, -0.05) is 0 Å². The van der Waals surface area contributed by atoms with E-state index in [2.05, 4.69) is 10.4 Å². The molecule has 3 aromatic rings. The summed E-state index contributed by atoms with van der Waals surface area (Å²) in [5.74, 6) is 1.77. The Labute approximate surface area is 145 Å². The Morgan fingerprint density at radius 2 is 2.08 bits per heavy atom. The fraction of sp³-hybridized carbons (Fsp3) is 0.222. The highest BCUT2D eigenvalue weighted by atomic mass is 16.5. The van der Waals surface area contributed by atoms with E-state index in [1.54, 1.807) is 51.8 Å². The van der Waals surface area contributed by atoms with E-state index in [1.807, 2.05) is 12.1 Å². The Kier molecular flexibility index (Phi) is 4.74. The maximum atomic E-state index is 12.4. The first kappa shape index (κ1) is 16.6. The van der Waals surface area contributed by atoms with Crippen molar-refractivity contribution in [3.63, 3.8) is 0 Å². The van der Waals surface area contributed by atoms with E-state index in [4.69, 9.17) is 13.9 Å². The van der Waals surface area contributed by atoms with Crippen LogP contribution >= 0.6 is 0 Å². The molecule has 0 fully saturated rings. The molecule has 0 unspecified atom stereocenters. The van der Waals surface area contributed by atoms with E-state index in [9.17, 15) is 4.79 Å². The van der Waals surface area contributed by atoms with Crippen LogP contribution in [0, 0.1) is 0 Å². The largest absolute Gasteiger partial charge is 0.497 e. The Bertz CT molecular complexity index is 869. The molecule has 130 valence electrons. The lowest BCUT2D eigenvalue weighted by Crippen LogP contribution is -2.24. The lowest BCUT2D eigenvalue weighted by molar-refractivity contribution is 0.0938. The van der Waals surface area contributed by atoms with Gasteiger partial charge in [0, 0.05) is 18.7 Å². The van der Waals surface area contributed by atoms with Gasteiger partial charge in [-0.05, 0) is 30.3 Å². The van der Waals surface area contributed by atoms with Crippen molar-refractivity contribution in [2.45, 2.75) is 6.54 Å². The molecule has 7 nitrogen and oxygen atoms in total. The molecule has 0 bridgehead atoms. The molecular weight excluding hydrogens is 322 g/mol. The normalized spacial score (nSPS) is 10.5. The van der Waals surface area contributed by atoms with Gasteiger partial charge >= 0.3 is 0 Å². The van der Waals surface area contributed by atoms with Crippen LogP contribution in [0.4, 0.5) is 0 Å². The molecule has 0 atom stereocenters. The van der Waals surface area contributed by atoms with Gasteiger partial charge in [0.1, 0.15) is 23.0 Å². The number of benzene rings is 1. The maximum Gasteiger partial charge on any atom is 0.269 e. The molecule has 3 rings (SSSR count). The predicted molar refractivity (Wildman–Crippen MR) is 91.6 cm³/mol. The predicted octanol–water partition coefficient (Wildman–Crippen LogP) is 2.63. The number of furan rings is 1. The number of ether oxygens (including phenoxy) is 2. The topological polar surface area (TPSA) is 78.5 Å². The first-order valence-electron chi connectivity index (χ1n) is 7.69. The number of carbonyl (C=O) groups excluding carboxylic acids is 1. The molecule has 0 aliphatic heterocycles. The Balaban J connectivity index is 1.83. The van der Waals surface area contributed by atoms with Crippen LogP contribution in [0.2, 0.25) is 0 Å². The second-order valence-electron chi connectivity index (χ2n) is 5.37. The van der Waals surface area contributed by atoms with Gasteiger partial charge in [-0.3, -0.25) is 9.48 Å². The van der Waals surface area contributed by atoms with Crippen molar-refractivity contribution in [2.24, 2.45) is 7.05 Å². The molecule has 0 aliphatic rings. The number of nitrogens with zero attached hydrogens (tertiary/aromatic N) is 2. The van der Waals surface area contributed by atoms with E-state index in [-0.39, 0.29) is 5.91 Å². The second kappa shape index (κ2) is 7.12. The van der Waals surface area contributed by atoms with Gasteiger partial charge < -0.3 is 19.2 Å². The monoisotopic (exact) mass is 341 g/mol. The van der Waals surface area contributed by atoms with Crippen molar-refractivity contribution in [1.29, 1.82) is 0 Å². The number of rotatable bonds is 6. The highest BCUT2D eigenvalue weighted by molar-refractivity contribution is 5.93. The van der Waals surface area contributed by atoms with Crippen LogP contribution in [0.5, 0.6) is 11.5 Å². The highest BCUT2D eigenvalue weighted by Gasteiger charge is 2.17. The van der Waals surface area contributed by atoms with Crippen LogP contribution in [0.25, 0.3) is 11.3 Å². The molecule has 25 heavy (non-hydrogen) atoms. The summed E-state index contributed by atoms with van der Waals surface area (Å²) in [5, 5.41) is 7.23. The minimum atomic E-state index is -0.231. The van der Waals surface area contributed by atoms with Gasteiger partial charge in [0.05, 0.1) is 32.7 Å². The van der Waals surface area contributed by atoms with E-state index >= 15 is 0 Å². The molecule has 0 radical (unpaired) electrons. The minimum Gasteiger partial charge on any atom is -0.497 e. The van der Waals surface area contributed by atoms with Crippen LogP contribution in [0.1, 0.15) is 16.2 Å². The van der Waals surface area contributed by atoms with E-state index in [0.717, 1.165) is 5.56 Å². The molecule has 7 heteroatoms. The molecule has 2 aromatic heterocycles. The third kappa shape index (κ3) is 3.50. The van der Waals surface area contributed by atoms with Gasteiger partial charge in [0.2, 0.25) is 0 Å². The molecule has 0 saturated heterocycles. The van der Waals surface area contributed by atoms with Crippen LogP contribution < -0.4 is 14.8 Å². The Morgan fingerprint density at radius 1 is 1.24 bits per heavy atom. The van der Waals surface area contributed by atoms with Crippen LogP contribution in [-0.4, -0.2) is 29.9 Å². The number of methoxy groups -OCH3 is 2. The van der Waals surface area contributed by atoms with Crippen LogP contribution in [0.3, 0.4) is 0 Å². The van der Waals surface area contributed by atoms with E-state index in [0.29, 0.717) is 35.2 Å². The number of carbonyl (C=O) groups is 1. The number of nitrogens with one attached hydrogen (secondary N) is 1. The molecule has 2 heterocycles. The zero-order valence-corrected chi connectivity index (χ0v) is 14.3. The van der Waals surface area contributed by atoms with Crippen molar-refractivity contribution >= 4 is 5.91 Å². The average molecular weight is 341 g/mol. The van der Waals surface area contributed by atoms with Crippen molar-refractivity contribution in [3.8, 4) is 22.8 Å². The number of hydrogen-bond donors (Lipinski definition) is 1. The molecule has 1 N–H and O–H groups in total. The van der Waals surface area contributed by atoms with Crippen molar-refractivity contribution < 1.29 is 18.7 Å². The molecular formula is C18H19N3O4. The third-order valence-corrected chi connectivity index (χ3v) is 3.80. The molecule has 0 spiro atoms. The van der Waals surface area contributed by atoms with Gasteiger partial charge in [-0.25, -0.2) is 0 Å². The lowest BCUT2D eigenvalue weighted by Gasteiger charge is -2.08. The van der Waals surface area contributed by atoms with Crippen molar-refractivity contribution in [1.82, 2.24) is 15.1 Å². The fourth-order valence-corrected chi connectivity index (χ4v) is 2.49. The standard InChI is InChI=1S/C18H19N3O4/c1-21-16(18(22)19-11-13-5-4-8-25-13)10-15(20-21)14-7-6-12(23-2)9-17(14)24-3/h4-10H,11H2,1-3H3,(H,19,22). The maximum absolute atomic E-state index is 12.4. The van der Waals surface area contributed by atoms with Crippen molar-refractivity contribution in [3.05, 3.63) is 54.1 Å². The first-order chi connectivity index (χ1) is 12.1. The summed E-state index contributed by atoms with van der Waals surface area (Å²) in [6, 6.07) is 10.8. The zero-order valence-electron chi connectivity index (χ0n) is 14.3. The summed E-state index contributed by atoms with van der Waals surface area (Å²) in [4.78, 5) is 12.4. The fourth-order valence-electron chi connectivity index (χ4n) is 2.49. The van der Waals surface area contributed by atoms with Gasteiger partial charge in [0.25, 0.3) is 5.91 Å². The number of aromatic nitrogens is 2. The number of amides is 1. The summed E-state index contributed by atoms with van der Waals surface area (Å²) in [7, 11) is 4.90.